The van der Waals surface area contributed by atoms with Crippen LogP contribution in [0.4, 0.5) is 0 Å². The lowest BCUT2D eigenvalue weighted by Gasteiger charge is -2.17. The molecule has 1 saturated heterocycles. The topological polar surface area (TPSA) is 77.3 Å². The van der Waals surface area contributed by atoms with Crippen LogP contribution in [0, 0.1) is 0 Å². The number of hydrogen-bond donors (Lipinski definition) is 0. The Morgan fingerprint density at radius 3 is 2.79 bits per heavy atom. The van der Waals surface area contributed by atoms with Crippen LogP contribution in [0.3, 0.4) is 0 Å². The molecule has 2 aromatic heterocycles. The van der Waals surface area contributed by atoms with E-state index in [1.165, 1.54) is 0 Å². The zero-order chi connectivity index (χ0) is 19.6. The third-order valence-corrected chi connectivity index (χ3v) is 6.97. The number of imidazole rings is 1. The van der Waals surface area contributed by atoms with Crippen LogP contribution in [0.1, 0.15) is 23.7 Å². The summed E-state index contributed by atoms with van der Waals surface area (Å²) in [6.45, 7) is 2.16. The van der Waals surface area contributed by atoms with Crippen molar-refractivity contribution in [3.8, 4) is 0 Å². The average molecular weight is 401 g/mol. The van der Waals surface area contributed by atoms with E-state index >= 15 is 0 Å². The van der Waals surface area contributed by atoms with Crippen molar-refractivity contribution in [2.75, 3.05) is 26.8 Å². The van der Waals surface area contributed by atoms with Crippen molar-refractivity contribution in [1.82, 2.24) is 18.8 Å². The maximum atomic E-state index is 12.9. The number of nitrogens with zero attached hydrogens (tertiary/aromatic N) is 4. The van der Waals surface area contributed by atoms with Crippen molar-refractivity contribution >= 4 is 21.2 Å². The Labute approximate surface area is 165 Å². The van der Waals surface area contributed by atoms with E-state index in [1.807, 2.05) is 42.5 Å². The molecule has 4 rings (SSSR count). The minimum Gasteiger partial charge on any atom is -0.383 e. The summed E-state index contributed by atoms with van der Waals surface area (Å²) in [5.74, 6) is 0.974. The largest absolute Gasteiger partial charge is 0.383 e. The Balaban J connectivity index is 1.57. The van der Waals surface area contributed by atoms with Gasteiger partial charge in [-0.25, -0.2) is 22.7 Å². The molecule has 0 amide bonds. The van der Waals surface area contributed by atoms with Crippen molar-refractivity contribution in [3.63, 3.8) is 0 Å². The van der Waals surface area contributed by atoms with E-state index < -0.39 is 10.0 Å². The minimum atomic E-state index is -3.36. The van der Waals surface area contributed by atoms with Crippen molar-refractivity contribution in [3.05, 3.63) is 60.0 Å². The molecule has 1 aliphatic heterocycles. The Morgan fingerprint density at radius 1 is 1.18 bits per heavy atom. The first-order valence-corrected chi connectivity index (χ1v) is 11.0. The number of benzene rings is 1. The standard InChI is InChI=1S/C20H24N4O3S/c1-27-13-12-24-19(22-18-8-5-10-21-20(18)24)17-9-11-23(14-17)28(25,26)15-16-6-3-2-4-7-16/h2-8,10,17H,9,11-15H2,1H3/t17-/m0/s1. The summed E-state index contributed by atoms with van der Waals surface area (Å²) in [4.78, 5) is 9.23. The van der Waals surface area contributed by atoms with Crippen LogP contribution >= 0.6 is 0 Å². The summed E-state index contributed by atoms with van der Waals surface area (Å²) in [7, 11) is -1.69. The van der Waals surface area contributed by atoms with Gasteiger partial charge in [-0.3, -0.25) is 0 Å². The van der Waals surface area contributed by atoms with Crippen LogP contribution in [0.2, 0.25) is 0 Å². The highest BCUT2D eigenvalue weighted by Gasteiger charge is 2.34. The first-order chi connectivity index (χ1) is 13.6. The Bertz CT molecular complexity index is 1050. The number of aromatic nitrogens is 3. The molecule has 3 heterocycles. The Kier molecular flexibility index (Phi) is 5.43. The summed E-state index contributed by atoms with van der Waals surface area (Å²) in [6.07, 6.45) is 2.51. The number of hydrogen-bond acceptors (Lipinski definition) is 5. The van der Waals surface area contributed by atoms with Gasteiger partial charge in [-0.2, -0.15) is 0 Å². The molecule has 8 heteroatoms. The van der Waals surface area contributed by atoms with Gasteiger partial charge in [-0.15, -0.1) is 0 Å². The molecule has 7 nitrogen and oxygen atoms in total. The van der Waals surface area contributed by atoms with Gasteiger partial charge in [0.15, 0.2) is 5.65 Å². The third kappa shape index (κ3) is 3.80. The smallest absolute Gasteiger partial charge is 0.218 e. The van der Waals surface area contributed by atoms with Crippen LogP contribution in [-0.4, -0.2) is 54.1 Å². The zero-order valence-electron chi connectivity index (χ0n) is 15.9. The fourth-order valence-electron chi connectivity index (χ4n) is 3.76. The van der Waals surface area contributed by atoms with Gasteiger partial charge in [-0.1, -0.05) is 30.3 Å². The molecule has 0 radical (unpaired) electrons. The SMILES string of the molecule is COCCn1c([C@H]2CCN(S(=O)(=O)Cc3ccccc3)C2)nc2cccnc21. The summed E-state index contributed by atoms with van der Waals surface area (Å²) in [5, 5.41) is 0. The molecular formula is C20H24N4O3S. The molecule has 0 N–H and O–H groups in total. The van der Waals surface area contributed by atoms with E-state index in [0.717, 1.165) is 29.0 Å². The summed E-state index contributed by atoms with van der Waals surface area (Å²) in [6, 6.07) is 13.1. The molecule has 1 atom stereocenters. The molecule has 0 spiro atoms. The van der Waals surface area contributed by atoms with Crippen molar-refractivity contribution in [2.45, 2.75) is 24.6 Å². The summed E-state index contributed by atoms with van der Waals surface area (Å²) >= 11 is 0. The second-order valence-electron chi connectivity index (χ2n) is 7.05. The normalized spacial score (nSPS) is 18.1. The number of sulfonamides is 1. The van der Waals surface area contributed by atoms with Crippen LogP contribution in [0.25, 0.3) is 11.2 Å². The van der Waals surface area contributed by atoms with E-state index in [-0.39, 0.29) is 11.7 Å². The number of methoxy groups -OCH3 is 1. The first kappa shape index (κ1) is 19.0. The second-order valence-corrected chi connectivity index (χ2v) is 9.01. The number of fused-ring (bicyclic) bond motifs is 1. The van der Waals surface area contributed by atoms with Crippen molar-refractivity contribution in [1.29, 1.82) is 0 Å². The molecule has 0 bridgehead atoms. The average Bonchev–Trinajstić information content (AvgIpc) is 3.32. The molecule has 28 heavy (non-hydrogen) atoms. The molecule has 148 valence electrons. The lowest BCUT2D eigenvalue weighted by atomic mass is 10.1. The van der Waals surface area contributed by atoms with E-state index in [9.17, 15) is 8.42 Å². The molecule has 1 aliphatic rings. The maximum Gasteiger partial charge on any atom is 0.218 e. The number of pyridine rings is 1. The quantitative estimate of drug-likeness (QED) is 0.609. The molecule has 0 saturated carbocycles. The predicted octanol–water partition coefficient (Wildman–Crippen LogP) is 2.40. The lowest BCUT2D eigenvalue weighted by molar-refractivity contribution is 0.187. The van der Waals surface area contributed by atoms with Gasteiger partial charge in [0.1, 0.15) is 11.3 Å². The van der Waals surface area contributed by atoms with E-state index in [1.54, 1.807) is 17.6 Å². The molecule has 0 unspecified atom stereocenters. The monoisotopic (exact) mass is 400 g/mol. The zero-order valence-corrected chi connectivity index (χ0v) is 16.7. The van der Waals surface area contributed by atoms with E-state index in [4.69, 9.17) is 9.72 Å². The van der Waals surface area contributed by atoms with Gasteiger partial charge in [0.25, 0.3) is 0 Å². The second kappa shape index (κ2) is 7.98. The minimum absolute atomic E-state index is 0.0300. The summed E-state index contributed by atoms with van der Waals surface area (Å²) in [5.41, 5.74) is 2.46. The van der Waals surface area contributed by atoms with Gasteiger partial charge < -0.3 is 9.30 Å². The van der Waals surface area contributed by atoms with Gasteiger partial charge >= 0.3 is 0 Å². The Morgan fingerprint density at radius 2 is 2.00 bits per heavy atom. The highest BCUT2D eigenvalue weighted by atomic mass is 32.2. The van der Waals surface area contributed by atoms with Crippen molar-refractivity contribution < 1.29 is 13.2 Å². The van der Waals surface area contributed by atoms with Gasteiger partial charge in [0.2, 0.25) is 10.0 Å². The van der Waals surface area contributed by atoms with Gasteiger partial charge in [0, 0.05) is 38.9 Å². The van der Waals surface area contributed by atoms with Crippen LogP contribution in [0.15, 0.2) is 48.7 Å². The molecular weight excluding hydrogens is 376 g/mol. The lowest BCUT2D eigenvalue weighted by Crippen LogP contribution is -2.30. The van der Waals surface area contributed by atoms with E-state index in [0.29, 0.717) is 26.2 Å². The number of rotatable bonds is 7. The molecule has 1 aromatic carbocycles. The van der Waals surface area contributed by atoms with Crippen molar-refractivity contribution in [2.24, 2.45) is 0 Å². The molecule has 0 aliphatic carbocycles. The summed E-state index contributed by atoms with van der Waals surface area (Å²) < 4.78 is 34.7. The van der Waals surface area contributed by atoms with Gasteiger partial charge in [0.05, 0.1) is 12.4 Å². The van der Waals surface area contributed by atoms with Gasteiger partial charge in [-0.05, 0) is 24.1 Å². The maximum absolute atomic E-state index is 12.9. The fraction of sp³-hybridized carbons (Fsp3) is 0.400. The molecule has 3 aromatic rings. The first-order valence-electron chi connectivity index (χ1n) is 9.40. The van der Waals surface area contributed by atoms with Crippen LogP contribution in [0.5, 0.6) is 0 Å². The molecule has 1 fully saturated rings. The third-order valence-electron chi connectivity index (χ3n) is 5.15. The highest BCUT2D eigenvalue weighted by molar-refractivity contribution is 7.88. The van der Waals surface area contributed by atoms with Crippen LogP contribution in [-0.2, 0) is 27.1 Å². The Hall–Kier alpha value is -2.29. The van der Waals surface area contributed by atoms with Crippen LogP contribution < -0.4 is 0 Å². The number of ether oxygens (including phenoxy) is 1. The predicted molar refractivity (Wildman–Crippen MR) is 107 cm³/mol. The highest BCUT2D eigenvalue weighted by Crippen LogP contribution is 2.31. The fourth-order valence-corrected chi connectivity index (χ4v) is 5.35. The van der Waals surface area contributed by atoms with E-state index in [2.05, 4.69) is 9.55 Å².